The van der Waals surface area contributed by atoms with Gasteiger partial charge in [-0.2, -0.15) is 0 Å². The summed E-state index contributed by atoms with van der Waals surface area (Å²) in [6.07, 6.45) is 0. The van der Waals surface area contributed by atoms with Crippen molar-refractivity contribution in [1.82, 2.24) is 0 Å². The van der Waals surface area contributed by atoms with Gasteiger partial charge < -0.3 is 15.2 Å². The van der Waals surface area contributed by atoms with E-state index in [1.807, 2.05) is 13.0 Å². The fourth-order valence-corrected chi connectivity index (χ4v) is 2.61. The quantitative estimate of drug-likeness (QED) is 0.675. The SMILES string of the molecule is CCOc1ccc(C(=O)OCc2ccc(Cl)s2)cc1N. The van der Waals surface area contributed by atoms with Gasteiger partial charge in [-0.3, -0.25) is 0 Å². The van der Waals surface area contributed by atoms with E-state index in [4.69, 9.17) is 26.8 Å². The summed E-state index contributed by atoms with van der Waals surface area (Å²) in [5.41, 5.74) is 6.62. The molecule has 4 nitrogen and oxygen atoms in total. The zero-order valence-corrected chi connectivity index (χ0v) is 12.5. The van der Waals surface area contributed by atoms with Crippen molar-refractivity contribution in [3.05, 3.63) is 45.1 Å². The van der Waals surface area contributed by atoms with Crippen molar-refractivity contribution in [2.45, 2.75) is 13.5 Å². The minimum absolute atomic E-state index is 0.198. The van der Waals surface area contributed by atoms with Gasteiger partial charge in [0.15, 0.2) is 0 Å². The molecule has 0 aliphatic carbocycles. The van der Waals surface area contributed by atoms with Gasteiger partial charge in [0.1, 0.15) is 12.4 Å². The maximum absolute atomic E-state index is 11.9. The lowest BCUT2D eigenvalue weighted by Crippen LogP contribution is -2.06. The number of ether oxygens (including phenoxy) is 2. The van der Waals surface area contributed by atoms with Crippen molar-refractivity contribution in [3.63, 3.8) is 0 Å². The number of nitrogen functional groups attached to an aromatic ring is 1. The molecule has 0 aliphatic heterocycles. The van der Waals surface area contributed by atoms with E-state index in [-0.39, 0.29) is 6.61 Å². The Balaban J connectivity index is 2.00. The monoisotopic (exact) mass is 311 g/mol. The van der Waals surface area contributed by atoms with Crippen LogP contribution in [0.15, 0.2) is 30.3 Å². The predicted octanol–water partition coefficient (Wildman–Crippen LogP) is 3.74. The van der Waals surface area contributed by atoms with Crippen LogP contribution >= 0.6 is 22.9 Å². The second-order valence-corrected chi connectivity index (χ2v) is 5.77. The summed E-state index contributed by atoms with van der Waals surface area (Å²) in [4.78, 5) is 12.8. The largest absolute Gasteiger partial charge is 0.492 e. The second kappa shape index (κ2) is 6.63. The Morgan fingerprint density at radius 2 is 2.15 bits per heavy atom. The van der Waals surface area contributed by atoms with Crippen LogP contribution < -0.4 is 10.5 Å². The van der Waals surface area contributed by atoms with Crippen LogP contribution in [0.3, 0.4) is 0 Å². The van der Waals surface area contributed by atoms with Gasteiger partial charge in [0, 0.05) is 4.88 Å². The van der Waals surface area contributed by atoms with Crippen molar-refractivity contribution >= 4 is 34.6 Å². The van der Waals surface area contributed by atoms with E-state index in [2.05, 4.69) is 0 Å². The summed E-state index contributed by atoms with van der Waals surface area (Å²) >= 11 is 7.19. The summed E-state index contributed by atoms with van der Waals surface area (Å²) in [7, 11) is 0. The zero-order chi connectivity index (χ0) is 14.5. The molecule has 6 heteroatoms. The number of halogens is 1. The molecular weight excluding hydrogens is 298 g/mol. The smallest absolute Gasteiger partial charge is 0.338 e. The van der Waals surface area contributed by atoms with Gasteiger partial charge in [-0.05, 0) is 37.3 Å². The molecule has 0 aliphatic rings. The van der Waals surface area contributed by atoms with Gasteiger partial charge in [-0.25, -0.2) is 4.79 Å². The molecule has 2 aromatic rings. The minimum Gasteiger partial charge on any atom is -0.492 e. The Hall–Kier alpha value is -1.72. The Morgan fingerprint density at radius 3 is 2.75 bits per heavy atom. The van der Waals surface area contributed by atoms with Crippen LogP contribution in [0.4, 0.5) is 5.69 Å². The Morgan fingerprint density at radius 1 is 1.35 bits per heavy atom. The fraction of sp³-hybridized carbons (Fsp3) is 0.214. The highest BCUT2D eigenvalue weighted by Crippen LogP contribution is 2.24. The van der Waals surface area contributed by atoms with Gasteiger partial charge in [0.2, 0.25) is 0 Å². The Bertz CT molecular complexity index is 612. The first-order chi connectivity index (χ1) is 9.60. The molecule has 1 aromatic heterocycles. The molecule has 20 heavy (non-hydrogen) atoms. The number of benzene rings is 1. The number of nitrogens with two attached hydrogens (primary N) is 1. The number of thiophene rings is 1. The van der Waals surface area contributed by atoms with Crippen LogP contribution in [-0.4, -0.2) is 12.6 Å². The summed E-state index contributed by atoms with van der Waals surface area (Å²) in [5.74, 6) is 0.137. The minimum atomic E-state index is -0.427. The first-order valence-electron chi connectivity index (χ1n) is 6.04. The molecule has 0 saturated carbocycles. The van der Waals surface area contributed by atoms with Crippen molar-refractivity contribution in [2.75, 3.05) is 12.3 Å². The van der Waals surface area contributed by atoms with Crippen LogP contribution in [0.2, 0.25) is 4.34 Å². The normalized spacial score (nSPS) is 10.3. The van der Waals surface area contributed by atoms with Crippen molar-refractivity contribution < 1.29 is 14.3 Å². The van der Waals surface area contributed by atoms with E-state index in [1.54, 1.807) is 24.3 Å². The van der Waals surface area contributed by atoms with E-state index in [0.717, 1.165) is 4.88 Å². The number of anilines is 1. The van der Waals surface area contributed by atoms with E-state index in [0.29, 0.717) is 27.9 Å². The summed E-state index contributed by atoms with van der Waals surface area (Å²) in [5, 5.41) is 0. The summed E-state index contributed by atoms with van der Waals surface area (Å²) in [6, 6.07) is 8.44. The molecule has 2 N–H and O–H groups in total. The van der Waals surface area contributed by atoms with Crippen molar-refractivity contribution in [2.24, 2.45) is 0 Å². The van der Waals surface area contributed by atoms with Crippen LogP contribution in [0.1, 0.15) is 22.2 Å². The van der Waals surface area contributed by atoms with Crippen molar-refractivity contribution in [1.29, 1.82) is 0 Å². The first kappa shape index (κ1) is 14.7. The number of carbonyl (C=O) groups excluding carboxylic acids is 1. The second-order valence-electron chi connectivity index (χ2n) is 3.97. The molecule has 0 saturated heterocycles. The third-order valence-corrected chi connectivity index (χ3v) is 3.72. The first-order valence-corrected chi connectivity index (χ1v) is 7.23. The Labute approximate surface area is 126 Å². The maximum atomic E-state index is 11.9. The van der Waals surface area contributed by atoms with E-state index < -0.39 is 5.97 Å². The number of rotatable bonds is 5. The third kappa shape index (κ3) is 3.65. The topological polar surface area (TPSA) is 61.5 Å². The lowest BCUT2D eigenvalue weighted by atomic mass is 10.2. The molecule has 0 radical (unpaired) electrons. The molecule has 1 aromatic carbocycles. The van der Waals surface area contributed by atoms with E-state index >= 15 is 0 Å². The predicted molar refractivity (Wildman–Crippen MR) is 80.5 cm³/mol. The third-order valence-electron chi connectivity index (χ3n) is 2.52. The van der Waals surface area contributed by atoms with Gasteiger partial charge in [0.25, 0.3) is 0 Å². The van der Waals surface area contributed by atoms with Crippen LogP contribution in [0.5, 0.6) is 5.75 Å². The maximum Gasteiger partial charge on any atom is 0.338 e. The molecule has 0 amide bonds. The van der Waals surface area contributed by atoms with Gasteiger partial charge in [0.05, 0.1) is 22.2 Å². The van der Waals surface area contributed by atoms with E-state index in [1.165, 1.54) is 11.3 Å². The lowest BCUT2D eigenvalue weighted by Gasteiger charge is -2.08. The molecule has 0 fully saturated rings. The zero-order valence-electron chi connectivity index (χ0n) is 10.9. The molecule has 1 heterocycles. The van der Waals surface area contributed by atoms with E-state index in [9.17, 15) is 4.79 Å². The van der Waals surface area contributed by atoms with Gasteiger partial charge in [-0.1, -0.05) is 11.6 Å². The highest BCUT2D eigenvalue weighted by atomic mass is 35.5. The molecule has 0 spiro atoms. The highest BCUT2D eigenvalue weighted by Gasteiger charge is 2.11. The van der Waals surface area contributed by atoms with Gasteiger partial charge >= 0.3 is 5.97 Å². The van der Waals surface area contributed by atoms with Gasteiger partial charge in [-0.15, -0.1) is 11.3 Å². The fourth-order valence-electron chi connectivity index (χ4n) is 1.61. The molecule has 0 unspecified atom stereocenters. The number of esters is 1. The van der Waals surface area contributed by atoms with Crippen molar-refractivity contribution in [3.8, 4) is 5.75 Å². The lowest BCUT2D eigenvalue weighted by molar-refractivity contribution is 0.0477. The summed E-state index contributed by atoms with van der Waals surface area (Å²) < 4.78 is 11.2. The van der Waals surface area contributed by atoms with Crippen LogP contribution in [-0.2, 0) is 11.3 Å². The molecule has 0 atom stereocenters. The molecule has 0 bridgehead atoms. The molecular formula is C14H14ClNO3S. The average molecular weight is 312 g/mol. The van der Waals surface area contributed by atoms with Crippen LogP contribution in [0, 0.1) is 0 Å². The molecule has 106 valence electrons. The number of hydrogen-bond donors (Lipinski definition) is 1. The summed E-state index contributed by atoms with van der Waals surface area (Å²) in [6.45, 7) is 2.59. The average Bonchev–Trinajstić information content (AvgIpc) is 2.84. The Kier molecular flexibility index (Phi) is 4.87. The molecule has 2 rings (SSSR count). The highest BCUT2D eigenvalue weighted by molar-refractivity contribution is 7.16. The standard InChI is InChI=1S/C14H14ClNO3S/c1-2-18-12-5-3-9(7-11(12)16)14(17)19-8-10-4-6-13(15)20-10/h3-7H,2,8,16H2,1H3. The van der Waals surface area contributed by atoms with Crippen LogP contribution in [0.25, 0.3) is 0 Å². The number of hydrogen-bond acceptors (Lipinski definition) is 5. The number of carbonyl (C=O) groups is 1.